The highest BCUT2D eigenvalue weighted by atomic mass is 15.2. The number of fused-ring (bicyclic) bond motifs is 1. The number of nitrogens with zero attached hydrogens (tertiary/aromatic N) is 2. The van der Waals surface area contributed by atoms with Gasteiger partial charge in [-0.2, -0.15) is 0 Å². The zero-order valence-electron chi connectivity index (χ0n) is 12.1. The summed E-state index contributed by atoms with van der Waals surface area (Å²) in [6.07, 6.45) is 8.91. The van der Waals surface area contributed by atoms with Gasteiger partial charge < -0.3 is 10.2 Å². The van der Waals surface area contributed by atoms with Crippen LogP contribution in [0.4, 0.5) is 5.82 Å². The van der Waals surface area contributed by atoms with Gasteiger partial charge >= 0.3 is 0 Å². The zero-order valence-corrected chi connectivity index (χ0v) is 12.1. The average Bonchev–Trinajstić information content (AvgIpc) is 2.94. The second kappa shape index (κ2) is 5.49. The zero-order chi connectivity index (χ0) is 13.2. The molecule has 0 spiro atoms. The summed E-state index contributed by atoms with van der Waals surface area (Å²) in [5.74, 6) is 2.11. The molecule has 0 bridgehead atoms. The number of piperidine rings is 1. The van der Waals surface area contributed by atoms with Crippen LogP contribution in [0.5, 0.6) is 0 Å². The number of nitrogens with one attached hydrogen (secondary N) is 1. The number of hydrogen-bond donors (Lipinski definition) is 1. The second-order valence-corrected chi connectivity index (χ2v) is 6.05. The molecule has 3 unspecified atom stereocenters. The Morgan fingerprint density at radius 2 is 2.16 bits per heavy atom. The summed E-state index contributed by atoms with van der Waals surface area (Å²) in [6.45, 7) is 3.39. The summed E-state index contributed by atoms with van der Waals surface area (Å²) in [5.41, 5.74) is 1.34. The van der Waals surface area contributed by atoms with E-state index in [0.717, 1.165) is 12.0 Å². The van der Waals surface area contributed by atoms with E-state index in [0.29, 0.717) is 6.04 Å². The Bertz CT molecular complexity index is 432. The minimum Gasteiger partial charge on any atom is -0.353 e. The molecule has 104 valence electrons. The van der Waals surface area contributed by atoms with Crippen LogP contribution >= 0.6 is 0 Å². The lowest BCUT2D eigenvalue weighted by Gasteiger charge is -2.38. The van der Waals surface area contributed by atoms with Crippen molar-refractivity contribution in [2.75, 3.05) is 18.5 Å². The molecule has 3 nitrogen and oxygen atoms in total. The lowest BCUT2D eigenvalue weighted by molar-refractivity contribution is 0.360. The number of rotatable bonds is 3. The first-order valence-electron chi connectivity index (χ1n) is 7.69. The first-order valence-corrected chi connectivity index (χ1v) is 7.69. The third-order valence-electron chi connectivity index (χ3n) is 4.99. The molecule has 0 amide bonds. The van der Waals surface area contributed by atoms with Crippen LogP contribution in [0.3, 0.4) is 0 Å². The van der Waals surface area contributed by atoms with Gasteiger partial charge in [0.25, 0.3) is 0 Å². The molecule has 0 radical (unpaired) electrons. The van der Waals surface area contributed by atoms with Gasteiger partial charge in [0.15, 0.2) is 0 Å². The number of pyridine rings is 1. The lowest BCUT2D eigenvalue weighted by Crippen LogP contribution is -2.43. The van der Waals surface area contributed by atoms with Crippen molar-refractivity contribution in [3.8, 4) is 0 Å². The van der Waals surface area contributed by atoms with E-state index in [-0.39, 0.29) is 0 Å². The van der Waals surface area contributed by atoms with Crippen molar-refractivity contribution in [2.24, 2.45) is 5.92 Å². The Hall–Kier alpha value is -1.09. The molecule has 1 aliphatic carbocycles. The second-order valence-electron chi connectivity index (χ2n) is 6.05. The lowest BCUT2D eigenvalue weighted by atomic mass is 9.92. The summed E-state index contributed by atoms with van der Waals surface area (Å²) in [6, 6.07) is 5.55. The Kier molecular flexibility index (Phi) is 3.74. The fourth-order valence-electron chi connectivity index (χ4n) is 3.77. The highest BCUT2D eigenvalue weighted by molar-refractivity contribution is 5.44. The molecule has 1 saturated carbocycles. The summed E-state index contributed by atoms with van der Waals surface area (Å²) in [4.78, 5) is 7.21. The highest BCUT2D eigenvalue weighted by Gasteiger charge is 2.35. The van der Waals surface area contributed by atoms with Gasteiger partial charge in [-0.3, -0.25) is 0 Å². The number of hydrogen-bond acceptors (Lipinski definition) is 3. The van der Waals surface area contributed by atoms with Crippen LogP contribution in [0.15, 0.2) is 18.3 Å². The van der Waals surface area contributed by atoms with Crippen LogP contribution in [0.2, 0.25) is 0 Å². The van der Waals surface area contributed by atoms with Crippen molar-refractivity contribution in [1.82, 2.24) is 10.3 Å². The molecule has 1 aromatic heterocycles. The third kappa shape index (κ3) is 2.48. The predicted molar refractivity (Wildman–Crippen MR) is 79.4 cm³/mol. The molecule has 2 fully saturated rings. The molecule has 1 saturated heterocycles. The fraction of sp³-hybridized carbons (Fsp3) is 0.688. The summed E-state index contributed by atoms with van der Waals surface area (Å²) >= 11 is 0. The van der Waals surface area contributed by atoms with E-state index < -0.39 is 0 Å². The quantitative estimate of drug-likeness (QED) is 0.904. The van der Waals surface area contributed by atoms with Crippen molar-refractivity contribution in [2.45, 2.75) is 51.1 Å². The number of anilines is 1. The van der Waals surface area contributed by atoms with E-state index in [9.17, 15) is 0 Å². The molecule has 19 heavy (non-hydrogen) atoms. The van der Waals surface area contributed by atoms with E-state index in [2.05, 4.69) is 34.3 Å². The predicted octanol–water partition coefficient (Wildman–Crippen LogP) is 3.13. The SMILES string of the molecule is CNC(C)c1ccnc(N2CCCC3CCCC32)c1. The van der Waals surface area contributed by atoms with E-state index in [4.69, 9.17) is 0 Å². The Balaban J connectivity index is 1.84. The van der Waals surface area contributed by atoms with Crippen LogP contribution in [-0.2, 0) is 0 Å². The molecule has 3 atom stereocenters. The van der Waals surface area contributed by atoms with Gasteiger partial charge in [-0.25, -0.2) is 4.98 Å². The van der Waals surface area contributed by atoms with Crippen LogP contribution < -0.4 is 10.2 Å². The van der Waals surface area contributed by atoms with Crippen molar-refractivity contribution >= 4 is 5.82 Å². The molecule has 2 aliphatic rings. The fourth-order valence-corrected chi connectivity index (χ4v) is 3.77. The molecule has 1 N–H and O–H groups in total. The maximum atomic E-state index is 4.64. The van der Waals surface area contributed by atoms with Gasteiger partial charge in [0, 0.05) is 24.8 Å². The van der Waals surface area contributed by atoms with Gasteiger partial charge in [0.2, 0.25) is 0 Å². The molecule has 1 aromatic rings. The molecule has 0 aromatic carbocycles. The van der Waals surface area contributed by atoms with E-state index in [1.165, 1.54) is 50.0 Å². The third-order valence-corrected chi connectivity index (χ3v) is 4.99. The average molecular weight is 259 g/mol. The van der Waals surface area contributed by atoms with Gasteiger partial charge in [0.05, 0.1) is 0 Å². The molecular weight excluding hydrogens is 234 g/mol. The van der Waals surface area contributed by atoms with Crippen molar-refractivity contribution < 1.29 is 0 Å². The van der Waals surface area contributed by atoms with Crippen LogP contribution in [-0.4, -0.2) is 24.6 Å². The monoisotopic (exact) mass is 259 g/mol. The van der Waals surface area contributed by atoms with Crippen LogP contribution in [0, 0.1) is 5.92 Å². The molecular formula is C16H25N3. The Morgan fingerprint density at radius 3 is 3.00 bits per heavy atom. The minimum absolute atomic E-state index is 0.394. The van der Waals surface area contributed by atoms with Crippen molar-refractivity contribution in [1.29, 1.82) is 0 Å². The maximum Gasteiger partial charge on any atom is 0.129 e. The van der Waals surface area contributed by atoms with Gasteiger partial charge in [-0.15, -0.1) is 0 Å². The summed E-state index contributed by atoms with van der Waals surface area (Å²) in [7, 11) is 2.01. The van der Waals surface area contributed by atoms with Gasteiger partial charge in [-0.05, 0) is 63.3 Å². The topological polar surface area (TPSA) is 28.2 Å². The van der Waals surface area contributed by atoms with E-state index >= 15 is 0 Å². The van der Waals surface area contributed by atoms with Gasteiger partial charge in [-0.1, -0.05) is 6.42 Å². The molecule has 3 heteroatoms. The number of aromatic nitrogens is 1. The first-order chi connectivity index (χ1) is 9.29. The van der Waals surface area contributed by atoms with Crippen molar-refractivity contribution in [3.63, 3.8) is 0 Å². The highest BCUT2D eigenvalue weighted by Crippen LogP contribution is 2.38. The largest absolute Gasteiger partial charge is 0.353 e. The van der Waals surface area contributed by atoms with E-state index in [1.807, 2.05) is 13.2 Å². The Labute approximate surface area is 116 Å². The normalized spacial score (nSPS) is 28.2. The molecule has 1 aliphatic heterocycles. The van der Waals surface area contributed by atoms with Gasteiger partial charge in [0.1, 0.15) is 5.82 Å². The van der Waals surface area contributed by atoms with Crippen LogP contribution in [0.25, 0.3) is 0 Å². The van der Waals surface area contributed by atoms with Crippen LogP contribution in [0.1, 0.15) is 50.6 Å². The van der Waals surface area contributed by atoms with E-state index in [1.54, 1.807) is 0 Å². The summed E-state index contributed by atoms with van der Waals surface area (Å²) < 4.78 is 0. The molecule has 3 rings (SSSR count). The first kappa shape index (κ1) is 12.9. The Morgan fingerprint density at radius 1 is 1.32 bits per heavy atom. The molecule has 2 heterocycles. The maximum absolute atomic E-state index is 4.64. The standard InChI is InChI=1S/C16H25N3/c1-12(17-2)14-8-9-18-16(11-14)19-10-4-6-13-5-3-7-15(13)19/h8-9,11-13,15,17H,3-7,10H2,1-2H3. The minimum atomic E-state index is 0.394. The summed E-state index contributed by atoms with van der Waals surface area (Å²) in [5, 5.41) is 3.31. The van der Waals surface area contributed by atoms with Crippen molar-refractivity contribution in [3.05, 3.63) is 23.9 Å². The smallest absolute Gasteiger partial charge is 0.129 e.